The van der Waals surface area contributed by atoms with E-state index in [1.54, 1.807) is 0 Å². The second-order valence-electron chi connectivity index (χ2n) is 3.08. The van der Waals surface area contributed by atoms with Gasteiger partial charge in [0.1, 0.15) is 0 Å². The van der Waals surface area contributed by atoms with Crippen molar-refractivity contribution < 1.29 is 0 Å². The first-order valence-corrected chi connectivity index (χ1v) is 4.74. The van der Waals surface area contributed by atoms with Crippen molar-refractivity contribution in [1.82, 2.24) is 0 Å². The molecule has 2 heteroatoms. The highest BCUT2D eigenvalue weighted by Gasteiger charge is 2.04. The van der Waals surface area contributed by atoms with Crippen molar-refractivity contribution in [2.24, 2.45) is 0 Å². The Hall–Kier alpha value is -1.52. The maximum absolute atomic E-state index is 8.69. The lowest BCUT2D eigenvalue weighted by Crippen LogP contribution is -1.86. The van der Waals surface area contributed by atoms with Gasteiger partial charge in [-0.2, -0.15) is 5.26 Å². The maximum atomic E-state index is 8.69. The number of hydrogen-bond donors (Lipinski definition) is 0. The molecule has 0 spiro atoms. The molecular weight excluding hydrogens is 194 g/mol. The first-order valence-electron chi connectivity index (χ1n) is 4.36. The van der Waals surface area contributed by atoms with Crippen molar-refractivity contribution in [1.29, 1.82) is 5.26 Å². The minimum absolute atomic E-state index is 0.361. The van der Waals surface area contributed by atoms with E-state index in [1.165, 1.54) is 0 Å². The van der Waals surface area contributed by atoms with E-state index < -0.39 is 0 Å². The van der Waals surface area contributed by atoms with Gasteiger partial charge in [0.05, 0.1) is 12.5 Å². The number of halogens is 1. The van der Waals surface area contributed by atoms with Crippen LogP contribution in [0, 0.1) is 11.3 Å². The Balaban J connectivity index is 2.77. The van der Waals surface area contributed by atoms with Crippen molar-refractivity contribution in [3.63, 3.8) is 0 Å². The zero-order chi connectivity index (χ0) is 9.97. The second-order valence-corrected chi connectivity index (χ2v) is 3.49. The molecule has 0 aliphatic carbocycles. The Labute approximate surface area is 87.5 Å². The molecule has 2 aromatic carbocycles. The number of benzene rings is 2. The minimum atomic E-state index is 0.361. The number of rotatable bonds is 1. The molecule has 0 bridgehead atoms. The van der Waals surface area contributed by atoms with Crippen LogP contribution in [0.25, 0.3) is 10.8 Å². The molecule has 0 unspecified atom stereocenters. The first-order chi connectivity index (χ1) is 6.83. The van der Waals surface area contributed by atoms with Gasteiger partial charge in [-0.3, -0.25) is 0 Å². The molecule has 0 aliphatic heterocycles. The molecule has 0 amide bonds. The van der Waals surface area contributed by atoms with Gasteiger partial charge in [-0.15, -0.1) is 0 Å². The highest BCUT2D eigenvalue weighted by molar-refractivity contribution is 6.32. The van der Waals surface area contributed by atoms with E-state index in [9.17, 15) is 0 Å². The molecule has 14 heavy (non-hydrogen) atoms. The average Bonchev–Trinajstić information content (AvgIpc) is 2.23. The van der Waals surface area contributed by atoms with Crippen LogP contribution in [0.3, 0.4) is 0 Å². The monoisotopic (exact) mass is 201 g/mol. The summed E-state index contributed by atoms with van der Waals surface area (Å²) in [6.45, 7) is 0. The molecule has 0 atom stereocenters. The molecule has 1 nitrogen and oxygen atoms in total. The molecule has 0 fully saturated rings. The summed E-state index contributed by atoms with van der Waals surface area (Å²) in [7, 11) is 0. The molecule has 0 radical (unpaired) electrons. The Morgan fingerprint density at radius 2 is 1.93 bits per heavy atom. The summed E-state index contributed by atoms with van der Waals surface area (Å²) in [5.41, 5.74) is 0.923. The van der Waals surface area contributed by atoms with Crippen LogP contribution >= 0.6 is 11.6 Å². The van der Waals surface area contributed by atoms with E-state index in [4.69, 9.17) is 16.9 Å². The Kier molecular flexibility index (Phi) is 2.39. The molecule has 0 aromatic heterocycles. The van der Waals surface area contributed by atoms with Crippen LogP contribution in [0.1, 0.15) is 5.56 Å². The molecule has 68 valence electrons. The number of hydrogen-bond acceptors (Lipinski definition) is 1. The summed E-state index contributed by atoms with van der Waals surface area (Å²) in [6.07, 6.45) is 0.361. The van der Waals surface area contributed by atoms with Crippen molar-refractivity contribution in [3.05, 3.63) is 47.0 Å². The Morgan fingerprint density at radius 1 is 1.14 bits per heavy atom. The van der Waals surface area contributed by atoms with Crippen LogP contribution in [-0.2, 0) is 6.42 Å². The lowest BCUT2D eigenvalue weighted by Gasteiger charge is -2.04. The molecule has 0 aliphatic rings. The third kappa shape index (κ3) is 1.45. The third-order valence-corrected chi connectivity index (χ3v) is 2.59. The highest BCUT2D eigenvalue weighted by atomic mass is 35.5. The lowest BCUT2D eigenvalue weighted by molar-refractivity contribution is 1.29. The zero-order valence-corrected chi connectivity index (χ0v) is 8.25. The quantitative estimate of drug-likeness (QED) is 0.692. The smallest absolute Gasteiger partial charge is 0.0670 e. The van der Waals surface area contributed by atoms with Gasteiger partial charge in [-0.1, -0.05) is 41.9 Å². The van der Waals surface area contributed by atoms with E-state index in [-0.39, 0.29) is 0 Å². The highest BCUT2D eigenvalue weighted by Crippen LogP contribution is 2.26. The van der Waals surface area contributed by atoms with Crippen LogP contribution in [0.5, 0.6) is 0 Å². The second kappa shape index (κ2) is 3.69. The Bertz CT molecular complexity index is 511. The maximum Gasteiger partial charge on any atom is 0.0670 e. The molecule has 0 heterocycles. The fourth-order valence-electron chi connectivity index (χ4n) is 1.57. The van der Waals surface area contributed by atoms with Gasteiger partial charge in [-0.05, 0) is 22.4 Å². The average molecular weight is 202 g/mol. The van der Waals surface area contributed by atoms with Crippen molar-refractivity contribution >= 4 is 22.4 Å². The van der Waals surface area contributed by atoms with Crippen LogP contribution in [-0.4, -0.2) is 0 Å². The summed E-state index contributed by atoms with van der Waals surface area (Å²) in [5, 5.41) is 11.6. The summed E-state index contributed by atoms with van der Waals surface area (Å²) in [5.74, 6) is 0. The SMILES string of the molecule is N#CCc1c(Cl)ccc2ccccc12. The molecule has 0 saturated heterocycles. The molecule has 0 N–H and O–H groups in total. The van der Waals surface area contributed by atoms with E-state index in [0.29, 0.717) is 11.4 Å². The summed E-state index contributed by atoms with van der Waals surface area (Å²) >= 11 is 6.03. The summed E-state index contributed by atoms with van der Waals surface area (Å²) in [6, 6.07) is 13.9. The number of nitriles is 1. The van der Waals surface area contributed by atoms with Gasteiger partial charge >= 0.3 is 0 Å². The van der Waals surface area contributed by atoms with Crippen molar-refractivity contribution in [3.8, 4) is 6.07 Å². The fraction of sp³-hybridized carbons (Fsp3) is 0.0833. The van der Waals surface area contributed by atoms with E-state index in [0.717, 1.165) is 16.3 Å². The van der Waals surface area contributed by atoms with Crippen molar-refractivity contribution in [2.75, 3.05) is 0 Å². The zero-order valence-electron chi connectivity index (χ0n) is 7.50. The van der Waals surface area contributed by atoms with Crippen LogP contribution in [0.2, 0.25) is 5.02 Å². The molecule has 2 rings (SSSR count). The number of fused-ring (bicyclic) bond motifs is 1. The van der Waals surface area contributed by atoms with Crippen LogP contribution < -0.4 is 0 Å². The van der Waals surface area contributed by atoms with E-state index in [2.05, 4.69) is 6.07 Å². The predicted molar refractivity (Wildman–Crippen MR) is 58.3 cm³/mol. The van der Waals surface area contributed by atoms with Crippen LogP contribution in [0.15, 0.2) is 36.4 Å². The predicted octanol–water partition coefficient (Wildman–Crippen LogP) is 3.56. The van der Waals surface area contributed by atoms with Gasteiger partial charge < -0.3 is 0 Å². The Morgan fingerprint density at radius 3 is 2.71 bits per heavy atom. The van der Waals surface area contributed by atoms with Gasteiger partial charge in [0, 0.05) is 5.02 Å². The topological polar surface area (TPSA) is 23.8 Å². The van der Waals surface area contributed by atoms with Crippen LogP contribution in [0.4, 0.5) is 0 Å². The standard InChI is InChI=1S/C12H8ClN/c13-12-6-5-9-3-1-2-4-10(9)11(12)7-8-14/h1-6H,7H2. The third-order valence-electron chi connectivity index (χ3n) is 2.24. The van der Waals surface area contributed by atoms with Gasteiger partial charge in [0.15, 0.2) is 0 Å². The first kappa shape index (κ1) is 9.05. The van der Waals surface area contributed by atoms with Gasteiger partial charge in [0.2, 0.25) is 0 Å². The number of nitrogens with zero attached hydrogens (tertiary/aromatic N) is 1. The van der Waals surface area contributed by atoms with Gasteiger partial charge in [-0.25, -0.2) is 0 Å². The summed E-state index contributed by atoms with van der Waals surface area (Å²) in [4.78, 5) is 0. The largest absolute Gasteiger partial charge is 0.198 e. The normalized spacial score (nSPS) is 10.0. The molecular formula is C12H8ClN. The molecule has 2 aromatic rings. The minimum Gasteiger partial charge on any atom is -0.198 e. The van der Waals surface area contributed by atoms with E-state index in [1.807, 2.05) is 36.4 Å². The van der Waals surface area contributed by atoms with E-state index >= 15 is 0 Å². The van der Waals surface area contributed by atoms with Gasteiger partial charge in [0.25, 0.3) is 0 Å². The summed E-state index contributed by atoms with van der Waals surface area (Å²) < 4.78 is 0. The van der Waals surface area contributed by atoms with Crippen molar-refractivity contribution in [2.45, 2.75) is 6.42 Å². The fourth-order valence-corrected chi connectivity index (χ4v) is 1.80. The molecule has 0 saturated carbocycles. The lowest BCUT2D eigenvalue weighted by atomic mass is 10.0.